The number of hydrogen-bond donors (Lipinski definition) is 3. The molecular formula is C56H58N12O9. The summed E-state index contributed by atoms with van der Waals surface area (Å²) in [5.41, 5.74) is 7.66. The van der Waals surface area contributed by atoms with Crippen molar-refractivity contribution in [2.24, 2.45) is 13.0 Å². The molecule has 1 saturated carbocycles. The van der Waals surface area contributed by atoms with Crippen molar-refractivity contribution >= 4 is 80.2 Å². The highest BCUT2D eigenvalue weighted by Crippen LogP contribution is 2.44. The number of ether oxygens (including phenoxy) is 1. The van der Waals surface area contributed by atoms with Gasteiger partial charge in [0.15, 0.2) is 0 Å². The third-order valence-corrected chi connectivity index (χ3v) is 16.5. The van der Waals surface area contributed by atoms with E-state index in [1.807, 2.05) is 49.5 Å². The Morgan fingerprint density at radius 3 is 2.27 bits per heavy atom. The van der Waals surface area contributed by atoms with Gasteiger partial charge in [-0.05, 0) is 99.9 Å². The number of imidazole rings is 1. The van der Waals surface area contributed by atoms with Gasteiger partial charge in [0.1, 0.15) is 11.7 Å². The molecule has 4 aromatic heterocycles. The van der Waals surface area contributed by atoms with Crippen LogP contribution in [-0.4, -0.2) is 144 Å². The molecule has 7 aromatic rings. The second-order valence-corrected chi connectivity index (χ2v) is 21.2. The van der Waals surface area contributed by atoms with E-state index < -0.39 is 35.8 Å². The topological polar surface area (TPSA) is 239 Å². The zero-order valence-electron chi connectivity index (χ0n) is 43.2. The van der Waals surface area contributed by atoms with Crippen molar-refractivity contribution in [2.45, 2.75) is 83.0 Å². The lowest BCUT2D eigenvalue weighted by Gasteiger charge is -2.39. The molecule has 77 heavy (non-hydrogen) atoms. The van der Waals surface area contributed by atoms with Crippen LogP contribution in [0.15, 0.2) is 77.9 Å². The summed E-state index contributed by atoms with van der Waals surface area (Å²) >= 11 is 0. The van der Waals surface area contributed by atoms with E-state index in [2.05, 4.69) is 52.8 Å². The molecule has 21 nitrogen and oxygen atoms in total. The smallest absolute Gasteiger partial charge is 0.407 e. The number of aromatic nitrogens is 6. The van der Waals surface area contributed by atoms with Crippen LogP contribution < -0.4 is 21.2 Å². The Bertz CT molecular complexity index is 3680. The standard InChI is InChI=1S/C56H58N12O9/c1-30(2)68-39-15-12-34(26-35(39)28-58-68)44-46-48-42(62(3)56(76)66(48)37-14-13-36(27-37)59-55(75)77-4)29-57-49(46)61-47(44)31-8-10-32(11-9-31)51(71)64-20-18-33(19-21-64)52(72)65-24-22-63(23-25-65)40-7-5-6-38-45(40)54(74)67(53(38)73)41-16-17-43(69)60-50(41)70/h5-12,15,26,28-30,33,36-37,41H,13-14,16-25,27H2,1-4H3,(H,57,61)(H,59,75)(H,60,69,70)/t36-,37-,41?/m1/s1. The van der Waals surface area contributed by atoms with Crippen LogP contribution in [0, 0.1) is 5.92 Å². The molecule has 396 valence electrons. The van der Waals surface area contributed by atoms with E-state index in [0.29, 0.717) is 93.8 Å². The highest BCUT2D eigenvalue weighted by atomic mass is 16.5. The summed E-state index contributed by atoms with van der Waals surface area (Å²) in [4.78, 5) is 121. The number of methoxy groups -OCH3 is 1. The van der Waals surface area contributed by atoms with E-state index in [1.165, 1.54) is 7.11 Å². The Morgan fingerprint density at radius 1 is 0.792 bits per heavy atom. The molecule has 4 fully saturated rings. The number of aromatic amines is 1. The van der Waals surface area contributed by atoms with Crippen LogP contribution in [0.4, 0.5) is 10.5 Å². The molecule has 3 saturated heterocycles. The lowest BCUT2D eigenvalue weighted by molar-refractivity contribution is -0.137. The molecule has 8 heterocycles. The van der Waals surface area contributed by atoms with Crippen molar-refractivity contribution < 1.29 is 38.3 Å². The number of amides is 7. The van der Waals surface area contributed by atoms with Crippen molar-refractivity contribution in [1.29, 1.82) is 0 Å². The highest BCUT2D eigenvalue weighted by molar-refractivity contribution is 6.25. The first-order chi connectivity index (χ1) is 37.2. The van der Waals surface area contributed by atoms with E-state index in [9.17, 15) is 38.4 Å². The number of hydrogen-bond acceptors (Lipinski definition) is 12. The summed E-state index contributed by atoms with van der Waals surface area (Å²) in [6, 6.07) is 17.5. The first-order valence-corrected chi connectivity index (χ1v) is 26.4. The normalized spacial score (nSPS) is 20.3. The number of piperidine rings is 2. The SMILES string of the molecule is COC(=O)N[C@@H]1CC[C@@H](n2c(=O)n(C)c3cnc4[nH]c(-c5ccc(C(=O)N6CCC(C(=O)N7CCN(c8cccc9c8C(=O)N(C8CCC(=O)NC8=O)C9=O)CC7)CC6)cc5)c(-c5ccc6c(cnn6C(C)C)c5)c4c32)C1. The Balaban J connectivity index is 0.757. The van der Waals surface area contributed by atoms with Crippen molar-refractivity contribution in [1.82, 2.24) is 54.2 Å². The molecule has 0 spiro atoms. The first kappa shape index (κ1) is 49.3. The van der Waals surface area contributed by atoms with Crippen LogP contribution in [0.2, 0.25) is 0 Å². The fourth-order valence-electron chi connectivity index (χ4n) is 12.5. The molecule has 4 aliphatic heterocycles. The van der Waals surface area contributed by atoms with E-state index >= 15 is 0 Å². The number of nitrogens with one attached hydrogen (secondary N) is 3. The average molecular weight is 1040 g/mol. The Kier molecular flexibility index (Phi) is 12.3. The van der Waals surface area contributed by atoms with Crippen molar-refractivity contribution in [3.05, 3.63) is 100 Å². The second-order valence-electron chi connectivity index (χ2n) is 21.2. The molecule has 3 N–H and O–H groups in total. The maximum absolute atomic E-state index is 14.3. The molecule has 5 aliphatic rings. The number of nitrogens with zero attached hydrogens (tertiary/aromatic N) is 9. The molecule has 1 aliphatic carbocycles. The van der Waals surface area contributed by atoms with Crippen molar-refractivity contribution in [3.8, 4) is 22.4 Å². The molecule has 0 bridgehead atoms. The van der Waals surface area contributed by atoms with Gasteiger partial charge in [0, 0.05) is 93.3 Å². The highest BCUT2D eigenvalue weighted by Gasteiger charge is 2.46. The van der Waals surface area contributed by atoms with Gasteiger partial charge in [-0.15, -0.1) is 0 Å². The lowest BCUT2D eigenvalue weighted by Crippen LogP contribution is -2.54. The Morgan fingerprint density at radius 2 is 1.55 bits per heavy atom. The monoisotopic (exact) mass is 1040 g/mol. The number of anilines is 1. The van der Waals surface area contributed by atoms with Gasteiger partial charge in [-0.2, -0.15) is 5.10 Å². The number of pyridine rings is 1. The maximum Gasteiger partial charge on any atom is 0.407 e. The van der Waals surface area contributed by atoms with Crippen LogP contribution in [0.1, 0.15) is 102 Å². The number of aryl methyl sites for hydroxylation is 1. The maximum atomic E-state index is 14.3. The van der Waals surface area contributed by atoms with Gasteiger partial charge in [-0.25, -0.2) is 14.6 Å². The molecule has 0 radical (unpaired) electrons. The number of piperazine rings is 1. The van der Waals surface area contributed by atoms with Gasteiger partial charge in [0.25, 0.3) is 17.7 Å². The van der Waals surface area contributed by atoms with Gasteiger partial charge in [0.05, 0.1) is 63.9 Å². The fraction of sp³-hybridized carbons (Fsp3) is 0.393. The van der Waals surface area contributed by atoms with Gasteiger partial charge >= 0.3 is 11.8 Å². The molecule has 21 heteroatoms. The molecule has 1 unspecified atom stereocenters. The first-order valence-electron chi connectivity index (χ1n) is 26.4. The summed E-state index contributed by atoms with van der Waals surface area (Å²) in [5, 5.41) is 11.6. The number of rotatable bonds is 9. The third-order valence-electron chi connectivity index (χ3n) is 16.5. The molecule has 3 atom stereocenters. The van der Waals surface area contributed by atoms with Crippen LogP contribution in [0.3, 0.4) is 0 Å². The van der Waals surface area contributed by atoms with E-state index in [-0.39, 0.29) is 65.5 Å². The predicted molar refractivity (Wildman–Crippen MR) is 284 cm³/mol. The third kappa shape index (κ3) is 8.29. The minimum Gasteiger partial charge on any atom is -0.453 e. The molecular weight excluding hydrogens is 985 g/mol. The largest absolute Gasteiger partial charge is 0.453 e. The summed E-state index contributed by atoms with van der Waals surface area (Å²) < 4.78 is 10.4. The number of H-pyrrole nitrogens is 1. The minimum absolute atomic E-state index is 0.0268. The Labute approximate surface area is 441 Å². The minimum atomic E-state index is -1.06. The number of carbonyl (C=O) groups is 7. The van der Waals surface area contributed by atoms with Crippen LogP contribution in [-0.2, 0) is 26.2 Å². The average Bonchev–Trinajstić information content (AvgIpc) is 4.42. The number of alkyl carbamates (subject to hydrolysis) is 1. The van der Waals surface area contributed by atoms with E-state index in [0.717, 1.165) is 49.1 Å². The van der Waals surface area contributed by atoms with Gasteiger partial charge in [0.2, 0.25) is 17.7 Å². The summed E-state index contributed by atoms with van der Waals surface area (Å²) in [6.07, 6.45) is 6.12. The quantitative estimate of drug-likeness (QED) is 0.151. The second kappa shape index (κ2) is 19.2. The summed E-state index contributed by atoms with van der Waals surface area (Å²) in [6.45, 7) is 6.68. The molecule has 3 aromatic carbocycles. The number of carbonyl (C=O) groups excluding carboxylic acids is 7. The molecule has 7 amide bonds. The van der Waals surface area contributed by atoms with Gasteiger partial charge in [-0.3, -0.25) is 52.8 Å². The summed E-state index contributed by atoms with van der Waals surface area (Å²) in [5.74, 6) is -2.60. The van der Waals surface area contributed by atoms with Crippen LogP contribution >= 0.6 is 0 Å². The van der Waals surface area contributed by atoms with E-state index in [1.54, 1.807) is 40.9 Å². The number of benzene rings is 3. The van der Waals surface area contributed by atoms with Crippen LogP contribution in [0.5, 0.6) is 0 Å². The fourth-order valence-corrected chi connectivity index (χ4v) is 12.5. The van der Waals surface area contributed by atoms with Crippen LogP contribution in [0.25, 0.3) is 55.4 Å². The Hall–Kier alpha value is -8.62. The predicted octanol–water partition coefficient (Wildman–Crippen LogP) is 5.53. The molecule has 12 rings (SSSR count). The van der Waals surface area contributed by atoms with Crippen molar-refractivity contribution in [3.63, 3.8) is 0 Å². The number of likely N-dealkylation sites (tertiary alicyclic amines) is 1. The number of fused-ring (bicyclic) bond motifs is 5. The van der Waals surface area contributed by atoms with E-state index in [4.69, 9.17) is 9.72 Å². The number of imide groups is 2. The lowest BCUT2D eigenvalue weighted by atomic mass is 9.94. The zero-order valence-corrected chi connectivity index (χ0v) is 43.2. The van der Waals surface area contributed by atoms with Gasteiger partial charge < -0.3 is 29.7 Å². The zero-order chi connectivity index (χ0) is 53.6. The summed E-state index contributed by atoms with van der Waals surface area (Å²) in [7, 11) is 3.09. The van der Waals surface area contributed by atoms with Crippen molar-refractivity contribution in [2.75, 3.05) is 51.3 Å². The van der Waals surface area contributed by atoms with Gasteiger partial charge in [-0.1, -0.05) is 24.3 Å².